The van der Waals surface area contributed by atoms with Crippen LogP contribution in [0.15, 0.2) is 42.2 Å². The van der Waals surface area contributed by atoms with Gasteiger partial charge in [-0.3, -0.25) is 9.88 Å². The van der Waals surface area contributed by atoms with Gasteiger partial charge in [0.2, 0.25) is 0 Å². The Balaban J connectivity index is 1.27. The standard InChI is InChI=1S/C34H32F3N7O2/c1-2-24-27(36)6-3-19-7-23(45)8-25(28(19)24)30-29(37)31-26(12-39-30)32(43-15-21-4-5-22(16-43)40-21)42-33(41-31)46-17-34-9-18(11-38)13-44(34)14-20(35)10-34/h1,3,6-8,11-12,20-22,40,45H,4-5,9-10,13-17,38H2/b18-11+/t20-,21?,22?,34-/m1/s1. The van der Waals surface area contributed by atoms with E-state index in [1.807, 2.05) is 4.90 Å². The van der Waals surface area contributed by atoms with Crippen LogP contribution in [-0.4, -0.2) is 81.5 Å². The van der Waals surface area contributed by atoms with Crippen molar-refractivity contribution in [2.75, 3.05) is 37.7 Å². The van der Waals surface area contributed by atoms with E-state index >= 15 is 4.39 Å². The van der Waals surface area contributed by atoms with Gasteiger partial charge in [0.1, 0.15) is 41.4 Å². The van der Waals surface area contributed by atoms with Crippen molar-refractivity contribution in [2.24, 2.45) is 5.73 Å². The predicted octanol–water partition coefficient (Wildman–Crippen LogP) is 4.16. The van der Waals surface area contributed by atoms with Crippen LogP contribution in [0.1, 0.15) is 31.2 Å². The maximum atomic E-state index is 16.8. The van der Waals surface area contributed by atoms with Gasteiger partial charge in [0.25, 0.3) is 0 Å². The molecule has 2 unspecified atom stereocenters. The lowest BCUT2D eigenvalue weighted by Gasteiger charge is -2.34. The summed E-state index contributed by atoms with van der Waals surface area (Å²) in [7, 11) is 0. The Hall–Kier alpha value is -4.60. The van der Waals surface area contributed by atoms with Gasteiger partial charge >= 0.3 is 6.01 Å². The zero-order chi connectivity index (χ0) is 31.7. The minimum Gasteiger partial charge on any atom is -0.508 e. The quantitative estimate of drug-likeness (QED) is 0.281. The van der Waals surface area contributed by atoms with Gasteiger partial charge in [-0.2, -0.15) is 9.97 Å². The third-order valence-corrected chi connectivity index (χ3v) is 9.96. The molecule has 4 aromatic rings. The lowest BCUT2D eigenvalue weighted by atomic mass is 9.93. The highest BCUT2D eigenvalue weighted by atomic mass is 19.1. The number of terminal acetylenes is 1. The van der Waals surface area contributed by atoms with E-state index in [4.69, 9.17) is 21.9 Å². The number of anilines is 1. The van der Waals surface area contributed by atoms with Gasteiger partial charge in [-0.05, 0) is 54.6 Å². The molecule has 46 heavy (non-hydrogen) atoms. The fourth-order valence-corrected chi connectivity index (χ4v) is 7.93. The van der Waals surface area contributed by atoms with Crippen molar-refractivity contribution in [3.63, 3.8) is 0 Å². The topological polar surface area (TPSA) is 113 Å². The second kappa shape index (κ2) is 10.7. The van der Waals surface area contributed by atoms with Crippen LogP contribution in [0.5, 0.6) is 11.8 Å². The largest absolute Gasteiger partial charge is 0.508 e. The Morgan fingerprint density at radius 3 is 2.74 bits per heavy atom. The second-order valence-electron chi connectivity index (χ2n) is 12.9. The highest BCUT2D eigenvalue weighted by Gasteiger charge is 2.51. The Morgan fingerprint density at radius 1 is 1.17 bits per heavy atom. The Morgan fingerprint density at radius 2 is 1.98 bits per heavy atom. The number of nitrogens with zero attached hydrogens (tertiary/aromatic N) is 5. The molecule has 9 nitrogen and oxygen atoms in total. The molecular formula is C34H32F3N7O2. The van der Waals surface area contributed by atoms with E-state index in [0.717, 1.165) is 18.4 Å². The van der Waals surface area contributed by atoms with Crippen molar-refractivity contribution in [3.05, 3.63) is 59.4 Å². The molecule has 4 fully saturated rings. The molecule has 12 heteroatoms. The maximum Gasteiger partial charge on any atom is 0.319 e. The number of benzene rings is 2. The highest BCUT2D eigenvalue weighted by molar-refractivity contribution is 6.03. The number of piperazine rings is 1. The van der Waals surface area contributed by atoms with Crippen LogP contribution >= 0.6 is 0 Å². The van der Waals surface area contributed by atoms with Crippen molar-refractivity contribution >= 4 is 27.5 Å². The lowest BCUT2D eigenvalue weighted by Crippen LogP contribution is -2.51. The molecule has 2 bridgehead atoms. The summed E-state index contributed by atoms with van der Waals surface area (Å²) in [5.41, 5.74) is 6.11. The minimum absolute atomic E-state index is 0.0378. The number of hydrogen-bond acceptors (Lipinski definition) is 9. The molecule has 0 aliphatic carbocycles. The van der Waals surface area contributed by atoms with Crippen LogP contribution in [0, 0.1) is 24.0 Å². The zero-order valence-corrected chi connectivity index (χ0v) is 24.9. The molecule has 8 rings (SSSR count). The Kier molecular flexibility index (Phi) is 6.74. The first-order chi connectivity index (χ1) is 22.2. The third kappa shape index (κ3) is 4.60. The number of halogens is 3. The number of fused-ring (bicyclic) bond motifs is 5. The molecular weight excluding hydrogens is 595 g/mol. The molecule has 4 aliphatic heterocycles. The van der Waals surface area contributed by atoms with Crippen LogP contribution in [0.25, 0.3) is 32.9 Å². The average molecular weight is 628 g/mol. The molecule has 2 aromatic heterocycles. The molecule has 0 spiro atoms. The molecule has 4 saturated heterocycles. The molecule has 4 atom stereocenters. The summed E-state index contributed by atoms with van der Waals surface area (Å²) in [6.45, 7) is 2.29. The minimum atomic E-state index is -0.992. The van der Waals surface area contributed by atoms with Crippen molar-refractivity contribution in [1.29, 1.82) is 0 Å². The SMILES string of the molecule is C#Cc1c(F)ccc2cc(O)cc(-c3ncc4c(N5CC6CCC(C5)N6)nc(OC[C@]56C/C(=C\N)CN5C[C@H](F)C6)nc4c3F)c12. The summed E-state index contributed by atoms with van der Waals surface area (Å²) in [6.07, 6.45) is 10.7. The number of hydrogen-bond donors (Lipinski definition) is 3. The maximum absolute atomic E-state index is 16.8. The van der Waals surface area contributed by atoms with E-state index in [0.29, 0.717) is 42.6 Å². The Labute approximate surface area is 263 Å². The van der Waals surface area contributed by atoms with E-state index in [1.165, 1.54) is 30.5 Å². The normalized spacial score (nSPS) is 26.7. The summed E-state index contributed by atoms with van der Waals surface area (Å²) in [5, 5.41) is 15.2. The van der Waals surface area contributed by atoms with Crippen molar-refractivity contribution in [1.82, 2.24) is 25.2 Å². The summed E-state index contributed by atoms with van der Waals surface area (Å²) in [4.78, 5) is 18.0. The van der Waals surface area contributed by atoms with Gasteiger partial charge in [0.05, 0.1) is 16.5 Å². The smallest absolute Gasteiger partial charge is 0.319 e. The summed E-state index contributed by atoms with van der Waals surface area (Å²) in [5.74, 6) is 1.26. The van der Waals surface area contributed by atoms with Crippen LogP contribution in [-0.2, 0) is 0 Å². The van der Waals surface area contributed by atoms with Gasteiger partial charge in [-0.1, -0.05) is 12.0 Å². The van der Waals surface area contributed by atoms with E-state index < -0.39 is 23.3 Å². The highest BCUT2D eigenvalue weighted by Crippen LogP contribution is 2.43. The van der Waals surface area contributed by atoms with Gasteiger partial charge in [-0.25, -0.2) is 13.2 Å². The number of nitrogens with two attached hydrogens (primary N) is 1. The summed E-state index contributed by atoms with van der Waals surface area (Å²) < 4.78 is 52.5. The number of alkyl halides is 1. The van der Waals surface area contributed by atoms with Gasteiger partial charge in [0.15, 0.2) is 5.82 Å². The van der Waals surface area contributed by atoms with Crippen molar-refractivity contribution in [2.45, 2.75) is 49.5 Å². The van der Waals surface area contributed by atoms with Crippen LogP contribution < -0.4 is 20.7 Å². The summed E-state index contributed by atoms with van der Waals surface area (Å²) in [6, 6.07) is 5.94. The number of phenols is 1. The molecule has 6 heterocycles. The number of nitrogens with one attached hydrogen (secondary N) is 1. The molecule has 0 saturated carbocycles. The van der Waals surface area contributed by atoms with Gasteiger partial charge in [0, 0.05) is 61.8 Å². The number of phenolic OH excluding ortho intramolecular Hbond substituents is 1. The second-order valence-corrected chi connectivity index (χ2v) is 12.9. The van der Waals surface area contributed by atoms with Crippen LogP contribution in [0.3, 0.4) is 0 Å². The number of ether oxygens (including phenoxy) is 1. The predicted molar refractivity (Wildman–Crippen MR) is 168 cm³/mol. The van der Waals surface area contributed by atoms with E-state index in [9.17, 15) is 13.9 Å². The third-order valence-electron chi connectivity index (χ3n) is 9.96. The summed E-state index contributed by atoms with van der Waals surface area (Å²) >= 11 is 0. The molecule has 4 N–H and O–H groups in total. The van der Waals surface area contributed by atoms with Crippen LogP contribution in [0.4, 0.5) is 19.0 Å². The fraction of sp³-hybridized carbons (Fsp3) is 0.382. The molecule has 236 valence electrons. The van der Waals surface area contributed by atoms with Crippen molar-refractivity contribution < 1.29 is 23.0 Å². The molecule has 2 aromatic carbocycles. The Bertz CT molecular complexity index is 1970. The van der Waals surface area contributed by atoms with Gasteiger partial charge < -0.3 is 25.8 Å². The van der Waals surface area contributed by atoms with Crippen LogP contribution in [0.2, 0.25) is 0 Å². The van der Waals surface area contributed by atoms with E-state index in [1.54, 1.807) is 6.20 Å². The van der Waals surface area contributed by atoms with Crippen molar-refractivity contribution in [3.8, 4) is 35.4 Å². The lowest BCUT2D eigenvalue weighted by molar-refractivity contribution is 0.107. The molecule has 0 amide bonds. The number of pyridine rings is 1. The number of aromatic hydroxyl groups is 1. The monoisotopic (exact) mass is 627 g/mol. The van der Waals surface area contributed by atoms with Gasteiger partial charge in [-0.15, -0.1) is 6.42 Å². The zero-order valence-electron chi connectivity index (χ0n) is 24.9. The van der Waals surface area contributed by atoms with E-state index in [2.05, 4.69) is 26.1 Å². The molecule has 0 radical (unpaired) electrons. The number of rotatable bonds is 5. The number of aromatic nitrogens is 3. The van der Waals surface area contributed by atoms with E-state index in [-0.39, 0.29) is 71.1 Å². The first kappa shape index (κ1) is 28.8. The molecule has 4 aliphatic rings. The fourth-order valence-electron chi connectivity index (χ4n) is 7.93. The first-order valence-corrected chi connectivity index (χ1v) is 15.5. The first-order valence-electron chi connectivity index (χ1n) is 15.5. The average Bonchev–Trinajstić information content (AvgIpc) is 3.67.